The first-order valence-corrected chi connectivity index (χ1v) is 8.44. The molecule has 0 spiro atoms. The molecule has 0 aromatic heterocycles. The minimum atomic E-state index is -4.46. The fourth-order valence-electron chi connectivity index (χ4n) is 2.98. The third kappa shape index (κ3) is 5.22. The molecule has 3 rings (SSSR count). The molecule has 152 valence electrons. The van der Waals surface area contributed by atoms with Crippen LogP contribution in [0.2, 0.25) is 0 Å². The molecule has 1 aliphatic rings. The third-order valence-corrected chi connectivity index (χ3v) is 4.18. The Labute approximate surface area is 166 Å². The number of nitrogens with two attached hydrogens (primary N) is 1. The maximum absolute atomic E-state index is 12.6. The molecule has 0 atom stereocenters. The van der Waals surface area contributed by atoms with Crippen LogP contribution in [0.5, 0.6) is 11.5 Å². The van der Waals surface area contributed by atoms with Crippen LogP contribution < -0.4 is 20.1 Å². The maximum Gasteiger partial charge on any atom is 0.422 e. The van der Waals surface area contributed by atoms with E-state index in [0.717, 1.165) is 24.1 Å². The lowest BCUT2D eigenvalue weighted by Crippen LogP contribution is -2.38. The van der Waals surface area contributed by atoms with E-state index in [1.54, 1.807) is 23.1 Å². The van der Waals surface area contributed by atoms with Gasteiger partial charge in [-0.25, -0.2) is 0 Å². The minimum Gasteiger partial charge on any atom is -0.480 e. The number of amides is 1. The van der Waals surface area contributed by atoms with Crippen LogP contribution in [0.15, 0.2) is 42.5 Å². The maximum atomic E-state index is 12.6. The van der Waals surface area contributed by atoms with E-state index in [4.69, 9.17) is 15.2 Å². The summed E-state index contributed by atoms with van der Waals surface area (Å²) in [6.07, 6.45) is -2.89. The van der Waals surface area contributed by atoms with Gasteiger partial charge in [-0.05, 0) is 42.7 Å². The minimum absolute atomic E-state index is 0. The number of ether oxygens (including phenoxy) is 2. The van der Waals surface area contributed by atoms with Crippen LogP contribution in [0.25, 0.3) is 0 Å². The molecule has 5 nitrogen and oxygen atoms in total. The van der Waals surface area contributed by atoms with Crippen molar-refractivity contribution in [2.75, 3.05) is 30.4 Å². The van der Waals surface area contributed by atoms with Crippen LogP contribution in [-0.2, 0) is 11.2 Å². The van der Waals surface area contributed by atoms with Gasteiger partial charge in [-0.1, -0.05) is 18.2 Å². The van der Waals surface area contributed by atoms with Gasteiger partial charge in [-0.2, -0.15) is 13.2 Å². The number of nitrogen functional groups attached to an aromatic ring is 1. The first-order chi connectivity index (χ1) is 12.8. The highest BCUT2D eigenvalue weighted by atomic mass is 35.5. The highest BCUT2D eigenvalue weighted by molar-refractivity contribution is 5.96. The molecule has 1 aliphatic heterocycles. The second-order valence-electron chi connectivity index (χ2n) is 6.13. The van der Waals surface area contributed by atoms with Crippen LogP contribution in [-0.4, -0.2) is 31.8 Å². The van der Waals surface area contributed by atoms with Crippen molar-refractivity contribution >= 4 is 29.7 Å². The molecule has 2 aromatic rings. The van der Waals surface area contributed by atoms with E-state index in [9.17, 15) is 18.0 Å². The van der Waals surface area contributed by atoms with Crippen LogP contribution in [0.3, 0.4) is 0 Å². The largest absolute Gasteiger partial charge is 0.480 e. The van der Waals surface area contributed by atoms with Crippen molar-refractivity contribution in [2.24, 2.45) is 0 Å². The molecule has 0 fully saturated rings. The second-order valence-corrected chi connectivity index (χ2v) is 6.13. The van der Waals surface area contributed by atoms with Gasteiger partial charge in [-0.3, -0.25) is 4.79 Å². The first-order valence-electron chi connectivity index (χ1n) is 8.44. The van der Waals surface area contributed by atoms with Crippen LogP contribution in [0.4, 0.5) is 24.5 Å². The van der Waals surface area contributed by atoms with Gasteiger partial charge in [-0.15, -0.1) is 12.4 Å². The van der Waals surface area contributed by atoms with Gasteiger partial charge < -0.3 is 20.1 Å². The van der Waals surface area contributed by atoms with E-state index in [1.165, 1.54) is 18.2 Å². The summed E-state index contributed by atoms with van der Waals surface area (Å²) in [5.74, 6) is -0.280. The van der Waals surface area contributed by atoms with Crippen molar-refractivity contribution in [3.8, 4) is 11.5 Å². The molecule has 0 saturated heterocycles. The van der Waals surface area contributed by atoms with Crippen LogP contribution in [0, 0.1) is 0 Å². The zero-order chi connectivity index (χ0) is 19.4. The summed E-state index contributed by atoms with van der Waals surface area (Å²) < 4.78 is 47.3. The number of alkyl halides is 3. The predicted molar refractivity (Wildman–Crippen MR) is 102 cm³/mol. The quantitative estimate of drug-likeness (QED) is 0.748. The number of carbonyl (C=O) groups excluding carboxylic acids is 1. The van der Waals surface area contributed by atoms with Crippen molar-refractivity contribution in [3.05, 3.63) is 48.0 Å². The second kappa shape index (κ2) is 9.05. The van der Waals surface area contributed by atoms with Gasteiger partial charge in [0.05, 0.1) is 0 Å². The number of hydrogen-bond acceptors (Lipinski definition) is 4. The Kier molecular flexibility index (Phi) is 7.01. The summed E-state index contributed by atoms with van der Waals surface area (Å²) in [5, 5.41) is 0. The molecule has 0 radical (unpaired) electrons. The highest BCUT2D eigenvalue weighted by Gasteiger charge is 2.29. The lowest BCUT2D eigenvalue weighted by Gasteiger charge is -2.30. The molecule has 0 saturated carbocycles. The van der Waals surface area contributed by atoms with Gasteiger partial charge in [0.15, 0.2) is 24.7 Å². The predicted octanol–water partition coefficient (Wildman–Crippen LogP) is 3.99. The molecule has 0 aliphatic carbocycles. The number of benzene rings is 2. The molecule has 2 aromatic carbocycles. The fraction of sp³-hybridized carbons (Fsp3) is 0.316. The molecule has 0 unspecified atom stereocenters. The normalized spacial score (nSPS) is 13.3. The Morgan fingerprint density at radius 1 is 1.07 bits per heavy atom. The van der Waals surface area contributed by atoms with Gasteiger partial charge in [0.2, 0.25) is 0 Å². The van der Waals surface area contributed by atoms with Crippen molar-refractivity contribution in [1.82, 2.24) is 0 Å². The summed E-state index contributed by atoms with van der Waals surface area (Å²) >= 11 is 0. The summed E-state index contributed by atoms with van der Waals surface area (Å²) in [5.41, 5.74) is 8.28. The lowest BCUT2D eigenvalue weighted by atomic mass is 10.00. The number of hydrogen-bond donors (Lipinski definition) is 1. The Hall–Kier alpha value is -2.61. The van der Waals surface area contributed by atoms with Crippen molar-refractivity contribution in [3.63, 3.8) is 0 Å². The highest BCUT2D eigenvalue weighted by Crippen LogP contribution is 2.32. The van der Waals surface area contributed by atoms with E-state index >= 15 is 0 Å². The molecule has 2 N–H and O–H groups in total. The average molecular weight is 417 g/mol. The number of halogens is 4. The van der Waals surface area contributed by atoms with Crippen molar-refractivity contribution in [1.29, 1.82) is 0 Å². The van der Waals surface area contributed by atoms with Gasteiger partial charge in [0.25, 0.3) is 5.91 Å². The SMILES string of the molecule is Cl.Nc1cccc2c1CCCN2C(=O)COc1ccccc1OCC(F)(F)F. The number of carbonyl (C=O) groups is 1. The summed E-state index contributed by atoms with van der Waals surface area (Å²) in [6.45, 7) is -1.22. The molecular weight excluding hydrogens is 397 g/mol. The number of nitrogens with zero attached hydrogens (tertiary/aromatic N) is 1. The first kappa shape index (κ1) is 21.7. The van der Waals surface area contributed by atoms with E-state index in [2.05, 4.69) is 0 Å². The summed E-state index contributed by atoms with van der Waals surface area (Å²) in [4.78, 5) is 14.2. The smallest absolute Gasteiger partial charge is 0.422 e. The summed E-state index contributed by atoms with van der Waals surface area (Å²) in [6, 6.07) is 11.3. The monoisotopic (exact) mass is 416 g/mol. The van der Waals surface area contributed by atoms with E-state index in [-0.39, 0.29) is 36.4 Å². The van der Waals surface area contributed by atoms with Gasteiger partial charge in [0, 0.05) is 17.9 Å². The van der Waals surface area contributed by atoms with Crippen molar-refractivity contribution < 1.29 is 27.4 Å². The molecule has 1 heterocycles. The Bertz CT molecular complexity index is 830. The molecule has 28 heavy (non-hydrogen) atoms. The number of fused-ring (bicyclic) bond motifs is 1. The zero-order valence-corrected chi connectivity index (χ0v) is 15.7. The zero-order valence-electron chi connectivity index (χ0n) is 14.9. The van der Waals surface area contributed by atoms with Gasteiger partial charge >= 0.3 is 6.18 Å². The Balaban J connectivity index is 0.00000280. The molecular formula is C19H20ClF3N2O3. The summed E-state index contributed by atoms with van der Waals surface area (Å²) in [7, 11) is 0. The van der Waals surface area contributed by atoms with Gasteiger partial charge in [0.1, 0.15) is 0 Å². The molecule has 0 bridgehead atoms. The van der Waals surface area contributed by atoms with E-state index < -0.39 is 12.8 Å². The Morgan fingerprint density at radius 3 is 2.43 bits per heavy atom. The van der Waals surface area contributed by atoms with Crippen molar-refractivity contribution in [2.45, 2.75) is 19.0 Å². The Morgan fingerprint density at radius 2 is 1.75 bits per heavy atom. The fourth-order valence-corrected chi connectivity index (χ4v) is 2.98. The number of anilines is 2. The van der Waals surface area contributed by atoms with E-state index in [1.807, 2.05) is 6.07 Å². The standard InChI is InChI=1S/C19H19F3N2O3.ClH/c20-19(21,22)12-27-17-9-2-1-8-16(17)26-11-18(25)24-10-4-5-13-14(23)6-3-7-15(13)24;/h1-3,6-9H,4-5,10-12,23H2;1H. The van der Waals surface area contributed by atoms with Crippen LogP contribution >= 0.6 is 12.4 Å². The number of para-hydroxylation sites is 2. The topological polar surface area (TPSA) is 64.8 Å². The molecule has 1 amide bonds. The van der Waals surface area contributed by atoms with Crippen LogP contribution in [0.1, 0.15) is 12.0 Å². The molecule has 9 heteroatoms. The number of rotatable bonds is 5. The average Bonchev–Trinajstić information content (AvgIpc) is 2.64. The lowest BCUT2D eigenvalue weighted by molar-refractivity contribution is -0.153. The van der Waals surface area contributed by atoms with E-state index in [0.29, 0.717) is 12.2 Å². The third-order valence-electron chi connectivity index (χ3n) is 4.18.